The van der Waals surface area contributed by atoms with E-state index in [1.54, 1.807) is 22.7 Å². The smallest absolute Gasteiger partial charge is 0.160 e. The summed E-state index contributed by atoms with van der Waals surface area (Å²) < 4.78 is 5.00. The third-order valence-corrected chi connectivity index (χ3v) is 11.5. The maximum atomic E-state index is 4.83. The van der Waals surface area contributed by atoms with Crippen LogP contribution in [0.5, 0.6) is 0 Å². The molecule has 6 heteroatoms. The van der Waals surface area contributed by atoms with Gasteiger partial charge in [-0.1, -0.05) is 84.9 Å². The van der Waals surface area contributed by atoms with Crippen LogP contribution in [0.15, 0.2) is 146 Å². The van der Waals surface area contributed by atoms with Crippen molar-refractivity contribution < 1.29 is 0 Å². The largest absolute Gasteiger partial charge is 0.236 e. The van der Waals surface area contributed by atoms with Crippen molar-refractivity contribution in [2.75, 3.05) is 0 Å². The van der Waals surface area contributed by atoms with Crippen molar-refractivity contribution in [3.8, 4) is 45.0 Å². The van der Waals surface area contributed by atoms with Gasteiger partial charge in [0.05, 0.1) is 0 Å². The molecule has 0 saturated heterocycles. The summed E-state index contributed by atoms with van der Waals surface area (Å²) in [5.74, 6) is 1.48. The minimum absolute atomic E-state index is 0.742. The number of fused-ring (bicyclic) bond motifs is 7. The average molecular weight is 649 g/mol. The van der Waals surface area contributed by atoms with Crippen LogP contribution in [-0.4, -0.2) is 19.9 Å². The van der Waals surface area contributed by atoms with Gasteiger partial charge in [-0.2, -0.15) is 0 Å². The first-order valence-corrected chi connectivity index (χ1v) is 17.4. The van der Waals surface area contributed by atoms with E-state index < -0.39 is 0 Å². The van der Waals surface area contributed by atoms with E-state index in [0.29, 0.717) is 0 Å². The Balaban J connectivity index is 0.964. The molecule has 0 aliphatic rings. The molecule has 0 unspecified atom stereocenters. The first-order chi connectivity index (χ1) is 23.8. The Bertz CT molecular complexity index is 2640. The monoisotopic (exact) mass is 648 g/mol. The third kappa shape index (κ3) is 4.42. The number of aromatic nitrogens is 4. The molecule has 0 radical (unpaired) electrons. The van der Waals surface area contributed by atoms with Crippen molar-refractivity contribution in [1.82, 2.24) is 19.9 Å². The van der Waals surface area contributed by atoms with Crippen molar-refractivity contribution >= 4 is 73.8 Å². The van der Waals surface area contributed by atoms with Gasteiger partial charge in [0.2, 0.25) is 0 Å². The predicted octanol–water partition coefficient (Wildman–Crippen LogP) is 11.8. The lowest BCUT2D eigenvalue weighted by Crippen LogP contribution is -1.91. The Labute approximate surface area is 283 Å². The lowest BCUT2D eigenvalue weighted by Gasteiger charge is -2.08. The van der Waals surface area contributed by atoms with E-state index >= 15 is 0 Å². The molecule has 4 aromatic heterocycles. The molecular weight excluding hydrogens is 625 g/mol. The van der Waals surface area contributed by atoms with Crippen LogP contribution in [0.25, 0.3) is 96.1 Å². The number of hydrogen-bond donors (Lipinski definition) is 0. The van der Waals surface area contributed by atoms with E-state index in [-0.39, 0.29) is 0 Å². The molecular formula is C42H24N4S2. The van der Waals surface area contributed by atoms with Crippen molar-refractivity contribution in [1.29, 1.82) is 0 Å². The second-order valence-electron chi connectivity index (χ2n) is 11.9. The highest BCUT2D eigenvalue weighted by Gasteiger charge is 2.14. The molecule has 4 nitrogen and oxygen atoms in total. The zero-order chi connectivity index (χ0) is 31.6. The number of hydrogen-bond acceptors (Lipinski definition) is 6. The summed E-state index contributed by atoms with van der Waals surface area (Å²) in [6, 6.07) is 42.9. The summed E-state index contributed by atoms with van der Waals surface area (Å²) in [5, 5.41) is 7.37. The van der Waals surface area contributed by atoms with Gasteiger partial charge in [-0.05, 0) is 58.3 Å². The van der Waals surface area contributed by atoms with Crippen LogP contribution in [-0.2, 0) is 0 Å². The summed E-state index contributed by atoms with van der Waals surface area (Å²) in [5.41, 5.74) is 6.26. The molecule has 224 valence electrons. The summed E-state index contributed by atoms with van der Waals surface area (Å²) in [6.07, 6.45) is 7.73. The Morgan fingerprint density at radius 1 is 0.354 bits per heavy atom. The van der Waals surface area contributed by atoms with Crippen molar-refractivity contribution in [3.63, 3.8) is 0 Å². The van der Waals surface area contributed by atoms with Gasteiger partial charge in [-0.3, -0.25) is 0 Å². The van der Waals surface area contributed by atoms with E-state index in [9.17, 15) is 0 Å². The minimum Gasteiger partial charge on any atom is -0.236 e. The van der Waals surface area contributed by atoms with Gasteiger partial charge in [0, 0.05) is 87.4 Å². The molecule has 0 fully saturated rings. The molecule has 0 amide bonds. The fourth-order valence-corrected chi connectivity index (χ4v) is 9.11. The number of rotatable bonds is 4. The summed E-state index contributed by atoms with van der Waals surface area (Å²) >= 11 is 3.59. The van der Waals surface area contributed by atoms with Crippen LogP contribution in [0, 0.1) is 0 Å². The highest BCUT2D eigenvalue weighted by Crippen LogP contribution is 2.40. The molecule has 0 aliphatic carbocycles. The maximum absolute atomic E-state index is 4.83. The van der Waals surface area contributed by atoms with E-state index in [4.69, 9.17) is 19.9 Å². The van der Waals surface area contributed by atoms with Gasteiger partial charge in [-0.25, -0.2) is 19.9 Å². The normalized spacial score (nSPS) is 11.8. The van der Waals surface area contributed by atoms with E-state index in [1.807, 2.05) is 24.8 Å². The van der Waals surface area contributed by atoms with Crippen LogP contribution in [0.1, 0.15) is 0 Å². The zero-order valence-corrected chi connectivity index (χ0v) is 27.1. The predicted molar refractivity (Wildman–Crippen MR) is 203 cm³/mol. The molecule has 0 saturated carbocycles. The van der Waals surface area contributed by atoms with Crippen LogP contribution in [0.4, 0.5) is 0 Å². The quantitative estimate of drug-likeness (QED) is 0.191. The van der Waals surface area contributed by atoms with Crippen LogP contribution in [0.2, 0.25) is 0 Å². The topological polar surface area (TPSA) is 51.6 Å². The first kappa shape index (κ1) is 27.3. The third-order valence-electron chi connectivity index (χ3n) is 9.10. The second-order valence-corrected chi connectivity index (χ2v) is 14.0. The highest BCUT2D eigenvalue weighted by molar-refractivity contribution is 7.26. The number of nitrogens with zero attached hydrogens (tertiary/aromatic N) is 4. The molecule has 0 N–H and O–H groups in total. The standard InChI is InChI=1S/C42H24N4S2/c1-3-13-37-31(7-1)33-9-5-11-35(39(33)47-37)41-43-21-29(22-44-41)26-17-15-25-16-18-27(20-28(25)19-26)30-23-45-42(46-24-30)36-12-6-10-34-32-8-2-4-14-38(32)48-40(34)36/h1-24H. The lowest BCUT2D eigenvalue weighted by molar-refractivity contribution is 1.18. The van der Waals surface area contributed by atoms with Gasteiger partial charge in [-0.15, -0.1) is 22.7 Å². The van der Waals surface area contributed by atoms with Gasteiger partial charge in [0.25, 0.3) is 0 Å². The number of benzene rings is 6. The molecule has 0 bridgehead atoms. The molecule has 0 atom stereocenters. The van der Waals surface area contributed by atoms with Gasteiger partial charge in [0.15, 0.2) is 11.6 Å². The summed E-state index contributed by atoms with van der Waals surface area (Å²) in [7, 11) is 0. The minimum atomic E-state index is 0.742. The molecule has 0 spiro atoms. The fourth-order valence-electron chi connectivity index (χ4n) is 6.68. The summed E-state index contributed by atoms with van der Waals surface area (Å²) in [6.45, 7) is 0. The van der Waals surface area contributed by atoms with Crippen molar-refractivity contribution in [2.45, 2.75) is 0 Å². The number of thiophene rings is 2. The second kappa shape index (κ2) is 10.9. The van der Waals surface area contributed by atoms with E-state index in [0.717, 1.165) is 50.4 Å². The molecule has 6 aromatic carbocycles. The Morgan fingerprint density at radius 3 is 1.27 bits per heavy atom. The molecule has 10 aromatic rings. The van der Waals surface area contributed by atoms with Crippen molar-refractivity contribution in [3.05, 3.63) is 146 Å². The first-order valence-electron chi connectivity index (χ1n) is 15.8. The van der Waals surface area contributed by atoms with Crippen LogP contribution < -0.4 is 0 Å². The fraction of sp³-hybridized carbons (Fsp3) is 0. The molecule has 10 rings (SSSR count). The Hall–Kier alpha value is -5.82. The van der Waals surface area contributed by atoms with Crippen LogP contribution in [0.3, 0.4) is 0 Å². The van der Waals surface area contributed by atoms with E-state index in [2.05, 4.69) is 121 Å². The molecule has 48 heavy (non-hydrogen) atoms. The Kier molecular flexibility index (Phi) is 6.19. The zero-order valence-electron chi connectivity index (χ0n) is 25.5. The summed E-state index contributed by atoms with van der Waals surface area (Å²) in [4.78, 5) is 19.3. The van der Waals surface area contributed by atoms with Gasteiger partial charge >= 0.3 is 0 Å². The highest BCUT2D eigenvalue weighted by atomic mass is 32.1. The SMILES string of the molecule is c1ccc2c(c1)sc1c(-c3ncc(-c4ccc5ccc(-c6cnc(-c7cccc8c7sc7ccccc78)nc6)cc5c4)cn3)cccc12. The van der Waals surface area contributed by atoms with E-state index in [1.165, 1.54) is 45.7 Å². The Morgan fingerprint density at radius 2 is 0.792 bits per heavy atom. The lowest BCUT2D eigenvalue weighted by atomic mass is 9.99. The maximum Gasteiger partial charge on any atom is 0.160 e. The van der Waals surface area contributed by atoms with Gasteiger partial charge in [0.1, 0.15) is 0 Å². The van der Waals surface area contributed by atoms with Gasteiger partial charge < -0.3 is 0 Å². The van der Waals surface area contributed by atoms with Crippen LogP contribution >= 0.6 is 22.7 Å². The average Bonchev–Trinajstić information content (AvgIpc) is 3.73. The molecule has 0 aliphatic heterocycles. The molecule has 4 heterocycles. The van der Waals surface area contributed by atoms with Crippen molar-refractivity contribution in [2.24, 2.45) is 0 Å².